The van der Waals surface area contributed by atoms with Crippen LogP contribution < -0.4 is 10.1 Å². The summed E-state index contributed by atoms with van der Waals surface area (Å²) in [4.78, 5) is 24.8. The first kappa shape index (κ1) is 30.4. The van der Waals surface area contributed by atoms with Gasteiger partial charge in [-0.1, -0.05) is 53.4 Å². The fourth-order valence-electron chi connectivity index (χ4n) is 4.45. The minimum absolute atomic E-state index is 0. The van der Waals surface area contributed by atoms with E-state index >= 15 is 0 Å². The monoisotopic (exact) mass is 513 g/mol. The highest BCUT2D eigenvalue weighted by Crippen LogP contribution is 2.38. The predicted octanol–water partition coefficient (Wildman–Crippen LogP) is 4.18. The molecule has 1 aliphatic carbocycles. The molecule has 3 rings (SSSR count). The van der Waals surface area contributed by atoms with Gasteiger partial charge < -0.3 is 14.8 Å². The van der Waals surface area contributed by atoms with Crippen LogP contribution in [0.25, 0.3) is 0 Å². The maximum Gasteiger partial charge on any atom is 0.342 e. The van der Waals surface area contributed by atoms with Crippen LogP contribution in [0, 0.1) is 20.8 Å². The minimum atomic E-state index is -3.90. The van der Waals surface area contributed by atoms with Gasteiger partial charge in [0.15, 0.2) is 9.96 Å². The van der Waals surface area contributed by atoms with E-state index in [1.165, 1.54) is 30.3 Å². The Kier molecular flexibility index (Phi) is 12.5. The molecule has 2 heterocycles. The summed E-state index contributed by atoms with van der Waals surface area (Å²) in [6.45, 7) is 0.646. The summed E-state index contributed by atoms with van der Waals surface area (Å²) in [6, 6.07) is -0.333. The van der Waals surface area contributed by atoms with Crippen molar-refractivity contribution in [1.82, 2.24) is 9.62 Å². The van der Waals surface area contributed by atoms with Crippen molar-refractivity contribution in [2.75, 3.05) is 27.3 Å². The van der Waals surface area contributed by atoms with E-state index in [-0.39, 0.29) is 48.9 Å². The molecule has 0 bridgehead atoms. The van der Waals surface area contributed by atoms with E-state index in [0.29, 0.717) is 13.0 Å². The number of nitrogens with zero attached hydrogens (tertiary/aromatic N) is 1. The second-order valence-electron chi connectivity index (χ2n) is 8.31. The van der Waals surface area contributed by atoms with Crippen LogP contribution in [0.15, 0.2) is 9.59 Å². The standard InChI is InChI=1S/C22H33N2O6S2.2CH2/c1-29-19-18(21(26)30-2)15-31-22(19)32(27,28)24-13-9-8-12-17(24)14-23-20(25)16-10-6-4-3-5-7-11-16;;/h15,17H,3-14H2,1-2H3,(H,23,25);2*1H2. The van der Waals surface area contributed by atoms with Crippen LogP contribution in [0.1, 0.15) is 74.6 Å². The van der Waals surface area contributed by atoms with E-state index in [0.717, 1.165) is 68.6 Å². The topological polar surface area (TPSA) is 102 Å². The number of carbonyl (C=O) groups is 2. The first-order valence-electron chi connectivity index (χ1n) is 11.3. The van der Waals surface area contributed by atoms with Crippen LogP contribution in [-0.4, -0.2) is 58.0 Å². The highest BCUT2D eigenvalue weighted by Gasteiger charge is 2.38. The number of thiophene rings is 1. The molecule has 8 nitrogen and oxygen atoms in total. The zero-order valence-corrected chi connectivity index (χ0v) is 21.9. The predicted molar refractivity (Wildman–Crippen MR) is 133 cm³/mol. The van der Waals surface area contributed by atoms with Crippen LogP contribution in [0.2, 0.25) is 0 Å². The van der Waals surface area contributed by atoms with Crippen molar-refractivity contribution in [2.24, 2.45) is 0 Å². The van der Waals surface area contributed by atoms with Gasteiger partial charge >= 0.3 is 5.97 Å². The van der Waals surface area contributed by atoms with E-state index in [2.05, 4.69) is 5.32 Å². The van der Waals surface area contributed by atoms with Gasteiger partial charge in [-0.15, -0.1) is 11.3 Å². The van der Waals surface area contributed by atoms with Crippen molar-refractivity contribution >= 4 is 33.2 Å². The van der Waals surface area contributed by atoms with Gasteiger partial charge in [0.1, 0.15) is 5.56 Å². The van der Waals surface area contributed by atoms with Crippen LogP contribution in [0.5, 0.6) is 5.75 Å². The van der Waals surface area contributed by atoms with Crippen LogP contribution in [0.3, 0.4) is 0 Å². The molecule has 2 fully saturated rings. The Labute approximate surface area is 209 Å². The number of methoxy groups -OCH3 is 2. The number of piperidine rings is 1. The molecule has 5 radical (unpaired) electrons. The first-order chi connectivity index (χ1) is 15.4. The van der Waals surface area contributed by atoms with Crippen molar-refractivity contribution < 1.29 is 27.5 Å². The van der Waals surface area contributed by atoms with Crippen molar-refractivity contribution in [3.63, 3.8) is 0 Å². The third kappa shape index (κ3) is 6.95. The van der Waals surface area contributed by atoms with Gasteiger partial charge in [0, 0.05) is 24.5 Å². The smallest absolute Gasteiger partial charge is 0.342 e. The Bertz CT molecular complexity index is 891. The highest BCUT2D eigenvalue weighted by molar-refractivity contribution is 7.91. The fraction of sp³-hybridized carbons (Fsp3) is 0.625. The van der Waals surface area contributed by atoms with E-state index in [9.17, 15) is 18.0 Å². The molecule has 1 saturated carbocycles. The van der Waals surface area contributed by atoms with E-state index in [1.54, 1.807) is 0 Å². The number of sulfonamides is 1. The van der Waals surface area contributed by atoms with Gasteiger partial charge in [-0.2, -0.15) is 4.31 Å². The quantitative estimate of drug-likeness (QED) is 0.549. The molecular weight excluding hydrogens is 476 g/mol. The molecule has 0 spiro atoms. The second-order valence-corrected chi connectivity index (χ2v) is 11.3. The third-order valence-electron chi connectivity index (χ3n) is 6.22. The van der Waals surface area contributed by atoms with E-state index < -0.39 is 16.0 Å². The van der Waals surface area contributed by atoms with Crippen molar-refractivity contribution in [3.05, 3.63) is 31.7 Å². The van der Waals surface area contributed by atoms with E-state index in [1.807, 2.05) is 0 Å². The molecule has 191 valence electrons. The fourth-order valence-corrected chi connectivity index (χ4v) is 7.68. The maximum atomic E-state index is 13.5. The average Bonchev–Trinajstić information content (AvgIpc) is 3.22. The lowest BCUT2D eigenvalue weighted by atomic mass is 9.90. The summed E-state index contributed by atoms with van der Waals surface area (Å²) in [6.07, 6.45) is 9.57. The van der Waals surface area contributed by atoms with Gasteiger partial charge in [-0.3, -0.25) is 4.79 Å². The zero-order valence-electron chi connectivity index (χ0n) is 20.3. The molecule has 0 aromatic carbocycles. The number of hydrogen-bond acceptors (Lipinski definition) is 7. The molecule has 10 heteroatoms. The Balaban J connectivity index is 0.00000289. The summed E-state index contributed by atoms with van der Waals surface area (Å²) in [5, 5.41) is 4.45. The Morgan fingerprint density at radius 1 is 1.06 bits per heavy atom. The van der Waals surface area contributed by atoms with Gasteiger partial charge in [-0.05, 0) is 25.7 Å². The second kappa shape index (κ2) is 14.0. The molecular formula is C24H37N2O6S2. The van der Waals surface area contributed by atoms with Crippen LogP contribution >= 0.6 is 11.3 Å². The number of carbonyl (C=O) groups excluding carboxylic acids is 2. The number of ether oxygens (including phenoxy) is 2. The number of nitrogens with one attached hydrogen (secondary N) is 1. The first-order valence-corrected chi connectivity index (χ1v) is 13.6. The Morgan fingerprint density at radius 3 is 2.32 bits per heavy atom. The molecule has 1 amide bonds. The summed E-state index contributed by atoms with van der Waals surface area (Å²) < 4.78 is 38.5. The summed E-state index contributed by atoms with van der Waals surface area (Å²) >= 11 is 0.952. The molecule has 34 heavy (non-hydrogen) atoms. The van der Waals surface area contributed by atoms with Gasteiger partial charge in [-0.25, -0.2) is 13.2 Å². The SMILES string of the molecule is COC(=O)c1csc(S(=O)(=O)N2CCCCC2CNC(=O)[C]2CCCCCCC2)c1OC.[CH2].[CH2]. The lowest BCUT2D eigenvalue weighted by Crippen LogP contribution is -2.49. The Hall–Kier alpha value is -1.65. The minimum Gasteiger partial charge on any atom is -0.494 e. The number of rotatable bonds is 7. The molecule has 2 aliphatic rings. The van der Waals surface area contributed by atoms with Crippen LogP contribution in [-0.2, 0) is 19.6 Å². The molecule has 1 aliphatic heterocycles. The molecule has 1 unspecified atom stereocenters. The van der Waals surface area contributed by atoms with Crippen molar-refractivity contribution in [1.29, 1.82) is 0 Å². The van der Waals surface area contributed by atoms with E-state index in [4.69, 9.17) is 9.47 Å². The molecule has 1 atom stereocenters. The largest absolute Gasteiger partial charge is 0.494 e. The molecule has 1 aromatic rings. The zero-order chi connectivity index (χ0) is 23.1. The summed E-state index contributed by atoms with van der Waals surface area (Å²) in [5.41, 5.74) is 0.0983. The lowest BCUT2D eigenvalue weighted by molar-refractivity contribution is -0.120. The van der Waals surface area contributed by atoms with Gasteiger partial charge in [0.25, 0.3) is 10.0 Å². The average molecular weight is 514 g/mol. The number of amides is 1. The highest BCUT2D eigenvalue weighted by atomic mass is 32.2. The van der Waals surface area contributed by atoms with Crippen LogP contribution in [0.4, 0.5) is 0 Å². The summed E-state index contributed by atoms with van der Waals surface area (Å²) in [7, 11) is -1.32. The summed E-state index contributed by atoms with van der Waals surface area (Å²) in [5.74, 6) is 0.257. The third-order valence-corrected chi connectivity index (χ3v) is 9.64. The number of esters is 1. The maximum absolute atomic E-state index is 13.5. The normalized spacial score (nSPS) is 20.1. The molecule has 1 aromatic heterocycles. The van der Waals surface area contributed by atoms with Gasteiger partial charge in [0.05, 0.1) is 20.1 Å². The van der Waals surface area contributed by atoms with Crippen molar-refractivity contribution in [2.45, 2.75) is 74.5 Å². The van der Waals surface area contributed by atoms with Gasteiger partial charge in [0.2, 0.25) is 5.91 Å². The van der Waals surface area contributed by atoms with Crippen molar-refractivity contribution in [3.8, 4) is 5.75 Å². The lowest BCUT2D eigenvalue weighted by Gasteiger charge is -2.34. The molecule has 1 N–H and O–H groups in total. The Morgan fingerprint density at radius 2 is 1.71 bits per heavy atom. The number of hydrogen-bond donors (Lipinski definition) is 1. The molecule has 1 saturated heterocycles.